The predicted molar refractivity (Wildman–Crippen MR) is 68.7 cm³/mol. The highest BCUT2D eigenvalue weighted by Crippen LogP contribution is 2.27. The van der Waals surface area contributed by atoms with Crippen molar-refractivity contribution in [3.05, 3.63) is 17.8 Å². The van der Waals surface area contributed by atoms with Gasteiger partial charge in [-0.1, -0.05) is 0 Å². The molecule has 1 fully saturated rings. The lowest BCUT2D eigenvalue weighted by Crippen LogP contribution is -2.36. The number of aromatic nitrogens is 1. The van der Waals surface area contributed by atoms with Crippen LogP contribution >= 0.6 is 0 Å². The first-order valence-electron chi connectivity index (χ1n) is 5.51. The molecule has 1 aromatic rings. The van der Waals surface area contributed by atoms with E-state index in [2.05, 4.69) is 10.3 Å². The molecule has 1 aliphatic rings. The topological polar surface area (TPSA) is 85.1 Å². The molecule has 5 nitrogen and oxygen atoms in total. The maximum Gasteiger partial charge on any atom is 0.152 e. The summed E-state index contributed by atoms with van der Waals surface area (Å²) in [5.74, 6) is 1.08. The van der Waals surface area contributed by atoms with Crippen molar-refractivity contribution in [1.29, 1.82) is 0 Å². The summed E-state index contributed by atoms with van der Waals surface area (Å²) in [4.78, 5) is 4.30. The monoisotopic (exact) mass is 255 g/mol. The molecule has 0 aromatic carbocycles. The summed E-state index contributed by atoms with van der Waals surface area (Å²) in [6, 6.07) is 3.55. The molecule has 2 rings (SSSR count). The van der Waals surface area contributed by atoms with E-state index in [1.165, 1.54) is 0 Å². The Kier molecular flexibility index (Phi) is 2.77. The van der Waals surface area contributed by atoms with Crippen LogP contribution in [0.2, 0.25) is 0 Å². The predicted octanol–water partition coefficient (Wildman–Crippen LogP) is 0.961. The molecule has 1 aliphatic heterocycles. The highest BCUT2D eigenvalue weighted by atomic mass is 32.2. The second-order valence-electron chi connectivity index (χ2n) is 4.90. The van der Waals surface area contributed by atoms with E-state index < -0.39 is 15.4 Å². The Hall–Kier alpha value is -1.30. The molecule has 17 heavy (non-hydrogen) atoms. The molecule has 0 saturated carbocycles. The lowest BCUT2D eigenvalue weighted by Gasteiger charge is -2.24. The molecule has 1 aromatic heterocycles. The third-order valence-corrected chi connectivity index (χ3v) is 4.96. The quantitative estimate of drug-likeness (QED) is 0.822. The van der Waals surface area contributed by atoms with Gasteiger partial charge in [-0.25, -0.2) is 13.4 Å². The zero-order chi connectivity index (χ0) is 12.7. The van der Waals surface area contributed by atoms with Gasteiger partial charge in [-0.3, -0.25) is 0 Å². The number of nitrogens with zero attached hydrogens (tertiary/aromatic N) is 1. The summed E-state index contributed by atoms with van der Waals surface area (Å²) in [7, 11) is -2.91. The summed E-state index contributed by atoms with van der Waals surface area (Å²) < 4.78 is 23.0. The van der Waals surface area contributed by atoms with Crippen molar-refractivity contribution in [2.75, 3.05) is 22.6 Å². The highest BCUT2D eigenvalue weighted by molar-refractivity contribution is 7.91. The first-order chi connectivity index (χ1) is 7.80. The molecule has 1 atom stereocenters. The number of nitrogens with one attached hydrogen (secondary N) is 1. The minimum atomic E-state index is -2.91. The van der Waals surface area contributed by atoms with Crippen LogP contribution in [-0.4, -0.2) is 30.4 Å². The summed E-state index contributed by atoms with van der Waals surface area (Å²) in [6.07, 6.45) is 0.612. The van der Waals surface area contributed by atoms with Gasteiger partial charge in [-0.15, -0.1) is 0 Å². The molecule has 0 aliphatic carbocycles. The number of aryl methyl sites for hydroxylation is 1. The van der Waals surface area contributed by atoms with E-state index in [-0.39, 0.29) is 11.5 Å². The fourth-order valence-corrected chi connectivity index (χ4v) is 4.15. The van der Waals surface area contributed by atoms with Gasteiger partial charge in [0.25, 0.3) is 0 Å². The molecule has 1 saturated heterocycles. The van der Waals surface area contributed by atoms with Crippen LogP contribution in [0.25, 0.3) is 0 Å². The molecule has 0 amide bonds. The van der Waals surface area contributed by atoms with Gasteiger partial charge in [0, 0.05) is 0 Å². The van der Waals surface area contributed by atoms with Crippen LogP contribution in [-0.2, 0) is 9.84 Å². The Labute approximate surface area is 101 Å². The van der Waals surface area contributed by atoms with E-state index in [9.17, 15) is 8.42 Å². The minimum Gasteiger partial charge on any atom is -0.397 e. The zero-order valence-corrected chi connectivity index (χ0v) is 10.8. The number of hydrogen-bond donors (Lipinski definition) is 2. The number of sulfone groups is 1. The molecular weight excluding hydrogens is 238 g/mol. The molecular formula is C11H17N3O2S. The fraction of sp³-hybridized carbons (Fsp3) is 0.545. The molecule has 0 bridgehead atoms. The van der Waals surface area contributed by atoms with Crippen LogP contribution in [0.3, 0.4) is 0 Å². The van der Waals surface area contributed by atoms with E-state index in [0.29, 0.717) is 17.9 Å². The van der Waals surface area contributed by atoms with Gasteiger partial charge >= 0.3 is 0 Å². The number of hydrogen-bond acceptors (Lipinski definition) is 5. The SMILES string of the molecule is Cc1nc(NC2(C)CCS(=O)(=O)C2)ccc1N. The second kappa shape index (κ2) is 3.87. The Morgan fingerprint density at radius 2 is 2.18 bits per heavy atom. The Balaban J connectivity index is 2.19. The van der Waals surface area contributed by atoms with Crippen molar-refractivity contribution in [3.63, 3.8) is 0 Å². The van der Waals surface area contributed by atoms with E-state index >= 15 is 0 Å². The second-order valence-corrected chi connectivity index (χ2v) is 7.08. The van der Waals surface area contributed by atoms with Crippen molar-refractivity contribution in [3.8, 4) is 0 Å². The van der Waals surface area contributed by atoms with Crippen LogP contribution in [0.5, 0.6) is 0 Å². The van der Waals surface area contributed by atoms with Crippen molar-refractivity contribution in [1.82, 2.24) is 4.98 Å². The van der Waals surface area contributed by atoms with Gasteiger partial charge in [0.15, 0.2) is 9.84 Å². The summed E-state index contributed by atoms with van der Waals surface area (Å²) in [5, 5.41) is 3.20. The first-order valence-corrected chi connectivity index (χ1v) is 7.34. The van der Waals surface area contributed by atoms with Crippen LogP contribution in [0.1, 0.15) is 19.0 Å². The number of rotatable bonds is 2. The van der Waals surface area contributed by atoms with Gasteiger partial charge < -0.3 is 11.1 Å². The molecule has 0 radical (unpaired) electrons. The highest BCUT2D eigenvalue weighted by Gasteiger charge is 2.38. The molecule has 94 valence electrons. The van der Waals surface area contributed by atoms with Gasteiger partial charge in [-0.2, -0.15) is 0 Å². The number of anilines is 2. The average molecular weight is 255 g/mol. The lowest BCUT2D eigenvalue weighted by molar-refractivity contribution is 0.572. The Morgan fingerprint density at radius 1 is 1.47 bits per heavy atom. The van der Waals surface area contributed by atoms with E-state index in [4.69, 9.17) is 5.73 Å². The zero-order valence-electron chi connectivity index (χ0n) is 10.0. The fourth-order valence-electron chi connectivity index (χ4n) is 2.06. The number of nitrogen functional groups attached to an aromatic ring is 1. The van der Waals surface area contributed by atoms with E-state index in [1.807, 2.05) is 13.8 Å². The van der Waals surface area contributed by atoms with Gasteiger partial charge in [0.2, 0.25) is 0 Å². The lowest BCUT2D eigenvalue weighted by atomic mass is 10.0. The minimum absolute atomic E-state index is 0.158. The first kappa shape index (κ1) is 12.2. The van der Waals surface area contributed by atoms with Crippen molar-refractivity contribution in [2.45, 2.75) is 25.8 Å². The van der Waals surface area contributed by atoms with Crippen LogP contribution < -0.4 is 11.1 Å². The molecule has 6 heteroatoms. The average Bonchev–Trinajstić information content (AvgIpc) is 2.47. The molecule has 0 spiro atoms. The Bertz CT molecular complexity index is 542. The number of nitrogens with two attached hydrogens (primary N) is 1. The largest absolute Gasteiger partial charge is 0.397 e. The van der Waals surface area contributed by atoms with Crippen molar-refractivity contribution < 1.29 is 8.42 Å². The molecule has 3 N–H and O–H groups in total. The number of pyridine rings is 1. The van der Waals surface area contributed by atoms with E-state index in [0.717, 1.165) is 5.69 Å². The third-order valence-electron chi connectivity index (χ3n) is 3.06. The summed E-state index contributed by atoms with van der Waals surface area (Å²) >= 11 is 0. The third kappa shape index (κ3) is 2.69. The normalized spacial score (nSPS) is 26.9. The maximum atomic E-state index is 11.5. The van der Waals surface area contributed by atoms with Gasteiger partial charge in [-0.05, 0) is 32.4 Å². The van der Waals surface area contributed by atoms with E-state index in [1.54, 1.807) is 12.1 Å². The summed E-state index contributed by atoms with van der Waals surface area (Å²) in [6.45, 7) is 3.74. The van der Waals surface area contributed by atoms with Crippen LogP contribution in [0.15, 0.2) is 12.1 Å². The standard InChI is InChI=1S/C11H17N3O2S/c1-8-9(12)3-4-10(13-8)14-11(2)5-6-17(15,16)7-11/h3-4H,5-7,12H2,1-2H3,(H,13,14). The van der Waals surface area contributed by atoms with Crippen molar-refractivity contribution in [2.24, 2.45) is 0 Å². The molecule has 2 heterocycles. The van der Waals surface area contributed by atoms with Crippen LogP contribution in [0, 0.1) is 6.92 Å². The van der Waals surface area contributed by atoms with Crippen LogP contribution in [0.4, 0.5) is 11.5 Å². The molecule has 1 unspecified atom stereocenters. The van der Waals surface area contributed by atoms with Gasteiger partial charge in [0.1, 0.15) is 5.82 Å². The summed E-state index contributed by atoms with van der Waals surface area (Å²) in [5.41, 5.74) is 6.65. The Morgan fingerprint density at radius 3 is 2.71 bits per heavy atom. The van der Waals surface area contributed by atoms with Gasteiger partial charge in [0.05, 0.1) is 28.4 Å². The smallest absolute Gasteiger partial charge is 0.152 e. The van der Waals surface area contributed by atoms with Crippen molar-refractivity contribution >= 4 is 21.3 Å². The maximum absolute atomic E-state index is 11.5.